The quantitative estimate of drug-likeness (QED) is 0.0788. The molecule has 0 spiro atoms. The number of hydrogen-bond donors (Lipinski definition) is 0. The highest BCUT2D eigenvalue weighted by Crippen LogP contribution is 2.55. The third-order valence-corrected chi connectivity index (χ3v) is 12.7. The molecule has 58 heavy (non-hydrogen) atoms. The van der Waals surface area contributed by atoms with Crippen LogP contribution in [0.3, 0.4) is 0 Å². The first-order valence-electron chi connectivity index (χ1n) is 21.1. The van der Waals surface area contributed by atoms with Gasteiger partial charge in [-0.15, -0.1) is 6.58 Å². The van der Waals surface area contributed by atoms with E-state index in [0.29, 0.717) is 5.92 Å². The second-order valence-electron chi connectivity index (χ2n) is 17.1. The maximum Gasteiger partial charge on any atom is 0.209 e. The zero-order chi connectivity index (χ0) is 40.3. The lowest BCUT2D eigenvalue weighted by Gasteiger charge is -2.35. The van der Waals surface area contributed by atoms with Gasteiger partial charge in [0.1, 0.15) is 6.54 Å². The van der Waals surface area contributed by atoms with Crippen molar-refractivity contribution < 1.29 is 4.58 Å². The molecule has 2 heterocycles. The van der Waals surface area contributed by atoms with Crippen LogP contribution >= 0.6 is 11.6 Å². The van der Waals surface area contributed by atoms with E-state index in [1.165, 1.54) is 61.4 Å². The number of hydrogen-bond acceptors (Lipinski definition) is 1. The zero-order valence-corrected chi connectivity index (χ0v) is 35.3. The van der Waals surface area contributed by atoms with Gasteiger partial charge in [0.2, 0.25) is 5.69 Å². The van der Waals surface area contributed by atoms with Gasteiger partial charge in [0, 0.05) is 52.0 Å². The van der Waals surface area contributed by atoms with E-state index in [0.717, 1.165) is 43.7 Å². The van der Waals surface area contributed by atoms with E-state index in [4.69, 9.17) is 11.6 Å². The summed E-state index contributed by atoms with van der Waals surface area (Å²) in [6, 6.07) is 53.5. The second-order valence-corrected chi connectivity index (χ2v) is 17.5. The first-order valence-corrected chi connectivity index (χ1v) is 21.5. The van der Waals surface area contributed by atoms with E-state index < -0.39 is 0 Å². The molecule has 1 atom stereocenters. The molecule has 1 unspecified atom stereocenters. The summed E-state index contributed by atoms with van der Waals surface area (Å²) in [7, 11) is 0. The number of anilines is 1. The first-order chi connectivity index (χ1) is 28.2. The van der Waals surface area contributed by atoms with Crippen LogP contribution in [0.2, 0.25) is 5.02 Å². The van der Waals surface area contributed by atoms with Crippen molar-refractivity contribution in [2.24, 2.45) is 5.92 Å². The van der Waals surface area contributed by atoms with Crippen LogP contribution in [0.1, 0.15) is 68.4 Å². The van der Waals surface area contributed by atoms with Crippen LogP contribution in [0.15, 0.2) is 182 Å². The molecule has 2 aliphatic rings. The van der Waals surface area contributed by atoms with Crippen molar-refractivity contribution >= 4 is 39.5 Å². The SMILES string of the molecule is C=CCC1(Cc2ccccc2)/C(=C\C=C\C2=[N+](CCC(C)C)c3ccc(Cl)cc3C2(Cc2ccccc2)Cc2ccccc2)N(C(C)C)c2ccc3ccccc3c21. The lowest BCUT2D eigenvalue weighted by molar-refractivity contribution is -0.439. The zero-order valence-electron chi connectivity index (χ0n) is 34.5. The number of fused-ring (bicyclic) bond motifs is 4. The third kappa shape index (κ3) is 7.40. The molecule has 2 aliphatic heterocycles. The van der Waals surface area contributed by atoms with Gasteiger partial charge in [-0.05, 0) is 103 Å². The van der Waals surface area contributed by atoms with Gasteiger partial charge in [-0.1, -0.05) is 159 Å². The molecular weight excluding hydrogens is 724 g/mol. The normalized spacial score (nSPS) is 17.9. The van der Waals surface area contributed by atoms with Crippen molar-refractivity contribution in [3.05, 3.63) is 215 Å². The van der Waals surface area contributed by atoms with Crippen LogP contribution in [0.4, 0.5) is 11.4 Å². The van der Waals surface area contributed by atoms with Gasteiger partial charge >= 0.3 is 0 Å². The van der Waals surface area contributed by atoms with Gasteiger partial charge in [-0.25, -0.2) is 0 Å². The molecule has 0 radical (unpaired) electrons. The second kappa shape index (κ2) is 16.8. The van der Waals surface area contributed by atoms with Crippen molar-refractivity contribution in [1.29, 1.82) is 0 Å². The van der Waals surface area contributed by atoms with Crippen molar-refractivity contribution in [1.82, 2.24) is 0 Å². The van der Waals surface area contributed by atoms with Crippen LogP contribution < -0.4 is 4.90 Å². The van der Waals surface area contributed by atoms with Gasteiger partial charge in [-0.2, -0.15) is 4.58 Å². The number of allylic oxidation sites excluding steroid dienone is 5. The number of nitrogens with zero attached hydrogens (tertiary/aromatic N) is 2. The van der Waals surface area contributed by atoms with E-state index >= 15 is 0 Å². The van der Waals surface area contributed by atoms with Crippen LogP contribution in [-0.2, 0) is 30.1 Å². The monoisotopic (exact) mass is 779 g/mol. The van der Waals surface area contributed by atoms with Gasteiger partial charge in [0.25, 0.3) is 0 Å². The summed E-state index contributed by atoms with van der Waals surface area (Å²) in [5.41, 5.74) is 11.2. The molecule has 2 nitrogen and oxygen atoms in total. The molecule has 8 rings (SSSR count). The number of halogens is 1. The molecule has 0 N–H and O–H groups in total. The molecule has 3 heteroatoms. The van der Waals surface area contributed by atoms with Crippen LogP contribution in [0.25, 0.3) is 10.8 Å². The van der Waals surface area contributed by atoms with E-state index in [1.54, 1.807) is 0 Å². The summed E-state index contributed by atoms with van der Waals surface area (Å²) in [5.74, 6) is 0.560. The van der Waals surface area contributed by atoms with E-state index in [2.05, 4.69) is 214 Å². The Morgan fingerprint density at radius 2 is 1.28 bits per heavy atom. The Hall–Kier alpha value is -5.44. The van der Waals surface area contributed by atoms with Crippen molar-refractivity contribution in [3.8, 4) is 0 Å². The summed E-state index contributed by atoms with van der Waals surface area (Å²) in [6.07, 6.45) is 13.9. The van der Waals surface area contributed by atoms with Gasteiger partial charge in [-0.3, -0.25) is 0 Å². The summed E-state index contributed by atoms with van der Waals surface area (Å²) in [4.78, 5) is 2.60. The molecule has 0 amide bonds. The molecule has 0 bridgehead atoms. The summed E-state index contributed by atoms with van der Waals surface area (Å²) in [5, 5.41) is 3.37. The predicted molar refractivity (Wildman–Crippen MR) is 248 cm³/mol. The average Bonchev–Trinajstić information content (AvgIpc) is 3.63. The molecule has 0 aromatic heterocycles. The topological polar surface area (TPSA) is 6.25 Å². The molecule has 292 valence electrons. The minimum absolute atomic E-state index is 0.241. The molecule has 6 aromatic rings. The highest BCUT2D eigenvalue weighted by atomic mass is 35.5. The minimum Gasteiger partial charge on any atom is -0.341 e. The largest absolute Gasteiger partial charge is 0.341 e. The van der Waals surface area contributed by atoms with E-state index in [-0.39, 0.29) is 16.9 Å². The Morgan fingerprint density at radius 3 is 1.86 bits per heavy atom. The van der Waals surface area contributed by atoms with Crippen LogP contribution in [0.5, 0.6) is 0 Å². The smallest absolute Gasteiger partial charge is 0.209 e. The Kier molecular flexibility index (Phi) is 11.4. The third-order valence-electron chi connectivity index (χ3n) is 12.4. The maximum absolute atomic E-state index is 6.96. The lowest BCUT2D eigenvalue weighted by Crippen LogP contribution is -2.39. The van der Waals surface area contributed by atoms with Crippen LogP contribution in [-0.4, -0.2) is 22.9 Å². The predicted octanol–water partition coefficient (Wildman–Crippen LogP) is 13.8. The molecule has 0 aliphatic carbocycles. The Labute approximate surface area is 351 Å². The fourth-order valence-electron chi connectivity index (χ4n) is 9.98. The van der Waals surface area contributed by atoms with E-state index in [1.807, 2.05) is 0 Å². The fraction of sp³-hybridized carbons (Fsp3) is 0.255. The summed E-state index contributed by atoms with van der Waals surface area (Å²) >= 11 is 6.96. The number of benzene rings is 6. The van der Waals surface area contributed by atoms with Crippen molar-refractivity contribution in [3.63, 3.8) is 0 Å². The number of rotatable bonds is 14. The van der Waals surface area contributed by atoms with Gasteiger partial charge in [0.05, 0.1) is 5.41 Å². The molecular formula is C55H56ClN2+. The summed E-state index contributed by atoms with van der Waals surface area (Å²) < 4.78 is 2.62. The van der Waals surface area contributed by atoms with Gasteiger partial charge in [0.15, 0.2) is 5.71 Å². The van der Waals surface area contributed by atoms with Crippen LogP contribution in [0, 0.1) is 5.92 Å². The molecule has 0 saturated heterocycles. The Bertz CT molecular complexity index is 2450. The summed E-state index contributed by atoms with van der Waals surface area (Å²) in [6.45, 7) is 14.6. The lowest BCUT2D eigenvalue weighted by atomic mass is 9.69. The molecule has 0 saturated carbocycles. The fourth-order valence-corrected chi connectivity index (χ4v) is 10.2. The van der Waals surface area contributed by atoms with Crippen molar-refractivity contribution in [2.45, 2.75) is 76.7 Å². The Balaban J connectivity index is 1.37. The average molecular weight is 781 g/mol. The molecule has 6 aromatic carbocycles. The van der Waals surface area contributed by atoms with Crippen molar-refractivity contribution in [2.75, 3.05) is 11.4 Å². The Morgan fingerprint density at radius 1 is 0.690 bits per heavy atom. The maximum atomic E-state index is 6.96. The minimum atomic E-state index is -0.357. The highest BCUT2D eigenvalue weighted by Gasteiger charge is 2.52. The molecule has 0 fully saturated rings. The standard InChI is InChI=1S/C55H56ClN2/c1-6-34-54(37-42-19-10-7-11-20-42)52(58(41(4)5)50-31-29-45-25-16-17-26-47(45)53(50)54)28-18-27-51-55(38-43-21-12-8-13-22-43,39-44-23-14-9-15-24-44)48-36-46(56)30-32-49(48)57(51)35-33-40(2)3/h6-32,36,40-41H,1,33-35,37-39H2,2-5H3/q+1. The highest BCUT2D eigenvalue weighted by molar-refractivity contribution is 6.30. The van der Waals surface area contributed by atoms with Gasteiger partial charge < -0.3 is 4.90 Å². The first kappa shape index (κ1) is 39.4. The van der Waals surface area contributed by atoms with E-state index in [9.17, 15) is 0 Å².